The number of cyclic esters (lactones) is 1. The van der Waals surface area contributed by atoms with Gasteiger partial charge in [-0.05, 0) is 83.7 Å². The molecule has 4 saturated heterocycles. The average Bonchev–Trinajstić information content (AvgIpc) is 3.45. The highest BCUT2D eigenvalue weighted by Crippen LogP contribution is 2.45. The lowest BCUT2D eigenvalue weighted by atomic mass is 9.75. The summed E-state index contributed by atoms with van der Waals surface area (Å²) >= 11 is 0. The molecular weight excluding hydrogens is 728 g/mol. The Morgan fingerprint density at radius 2 is 1.60 bits per heavy atom. The Morgan fingerprint density at radius 1 is 0.912 bits per heavy atom. The van der Waals surface area contributed by atoms with Gasteiger partial charge in [0.25, 0.3) is 0 Å². The zero-order chi connectivity index (χ0) is 41.2. The van der Waals surface area contributed by atoms with Gasteiger partial charge in [-0.2, -0.15) is 0 Å². The van der Waals surface area contributed by atoms with Gasteiger partial charge in [-0.3, -0.25) is 9.59 Å². The Labute approximate surface area is 338 Å². The van der Waals surface area contributed by atoms with Crippen molar-refractivity contribution in [1.29, 1.82) is 0 Å². The highest BCUT2D eigenvalue weighted by atomic mass is 16.7. The molecule has 12 heteroatoms. The first-order chi connectivity index (χ1) is 27.1. The second-order valence-corrected chi connectivity index (χ2v) is 17.5. The molecule has 4 aliphatic heterocycles. The summed E-state index contributed by atoms with van der Waals surface area (Å²) in [5.41, 5.74) is 1.30. The normalized spacial score (nSPS) is 40.0. The molecule has 4 fully saturated rings. The van der Waals surface area contributed by atoms with Crippen molar-refractivity contribution in [2.24, 2.45) is 28.8 Å². The quantitative estimate of drug-likeness (QED) is 0.242. The Bertz CT molecular complexity index is 1710. The summed E-state index contributed by atoms with van der Waals surface area (Å²) < 4.78 is 39.8. The minimum Gasteiger partial charge on any atom is -0.459 e. The number of fused-ring (bicyclic) bond motifs is 5. The van der Waals surface area contributed by atoms with Gasteiger partial charge in [0.2, 0.25) is 0 Å². The molecule has 4 heterocycles. The summed E-state index contributed by atoms with van der Waals surface area (Å²) in [6.45, 7) is 15.6. The van der Waals surface area contributed by atoms with Gasteiger partial charge in [0.15, 0.2) is 17.7 Å². The van der Waals surface area contributed by atoms with Crippen molar-refractivity contribution >= 4 is 17.5 Å². The zero-order valence-electron chi connectivity index (χ0n) is 35.4. The Kier molecular flexibility index (Phi) is 13.7. The van der Waals surface area contributed by atoms with Crippen molar-refractivity contribution in [3.63, 3.8) is 0 Å². The molecule has 0 radical (unpaired) electrons. The van der Waals surface area contributed by atoms with Crippen LogP contribution in [0.1, 0.15) is 80.2 Å². The molecule has 0 spiro atoms. The smallest absolute Gasteiger partial charge is 0.311 e. The van der Waals surface area contributed by atoms with Crippen LogP contribution in [0.25, 0.3) is 11.1 Å². The van der Waals surface area contributed by atoms with E-state index in [9.17, 15) is 14.7 Å². The van der Waals surface area contributed by atoms with Crippen LogP contribution in [0.4, 0.5) is 0 Å². The van der Waals surface area contributed by atoms with E-state index in [4.69, 9.17) is 33.3 Å². The van der Waals surface area contributed by atoms with Gasteiger partial charge < -0.3 is 43.3 Å². The number of esters is 1. The number of nitrogens with zero attached hydrogens (tertiary/aromatic N) is 2. The minimum absolute atomic E-state index is 0.0242. The van der Waals surface area contributed by atoms with Crippen LogP contribution in [-0.2, 0) is 49.5 Å². The number of rotatable bonds is 8. The van der Waals surface area contributed by atoms with Crippen LogP contribution in [0.2, 0.25) is 0 Å². The predicted molar refractivity (Wildman–Crippen MR) is 215 cm³/mol. The summed E-state index contributed by atoms with van der Waals surface area (Å²) in [5, 5.41) is 16.2. The van der Waals surface area contributed by atoms with Crippen molar-refractivity contribution in [2.45, 2.75) is 141 Å². The number of hydrogen-bond acceptors (Lipinski definition) is 12. The Morgan fingerprint density at radius 3 is 2.26 bits per heavy atom. The number of benzene rings is 2. The molecule has 0 saturated carbocycles. The van der Waals surface area contributed by atoms with E-state index < -0.39 is 71.7 Å². The Hall–Kier alpha value is -3.23. The van der Waals surface area contributed by atoms with Crippen LogP contribution in [0, 0.1) is 23.7 Å². The third kappa shape index (κ3) is 9.17. The maximum Gasteiger partial charge on any atom is 0.311 e. The number of oxime groups is 1. The number of carbonyl (C=O) groups is 2. The summed E-state index contributed by atoms with van der Waals surface area (Å²) in [4.78, 5) is 36.1. The van der Waals surface area contributed by atoms with Crippen LogP contribution in [-0.4, -0.2) is 115 Å². The first-order valence-corrected chi connectivity index (χ1v) is 20.7. The lowest BCUT2D eigenvalue weighted by Crippen LogP contribution is -2.59. The minimum atomic E-state index is -1.31. The van der Waals surface area contributed by atoms with Gasteiger partial charge in [-0.1, -0.05) is 87.4 Å². The summed E-state index contributed by atoms with van der Waals surface area (Å²) in [6, 6.07) is 18.1. The highest BCUT2D eigenvalue weighted by Gasteiger charge is 2.58. The van der Waals surface area contributed by atoms with E-state index in [1.165, 1.54) is 0 Å². The number of ketones is 1. The van der Waals surface area contributed by atoms with Gasteiger partial charge in [-0.25, -0.2) is 0 Å². The molecule has 4 bridgehead atoms. The number of likely N-dealkylation sites (N-methyl/N-ethyl adjacent to an activating group) is 1. The lowest BCUT2D eigenvalue weighted by Gasteiger charge is -2.48. The van der Waals surface area contributed by atoms with E-state index >= 15 is 0 Å². The van der Waals surface area contributed by atoms with Crippen molar-refractivity contribution in [3.8, 4) is 11.1 Å². The Balaban J connectivity index is 1.35. The fourth-order valence-corrected chi connectivity index (χ4v) is 9.57. The molecule has 4 aliphatic rings. The van der Waals surface area contributed by atoms with Crippen molar-refractivity contribution in [1.82, 2.24) is 4.90 Å². The highest BCUT2D eigenvalue weighted by molar-refractivity contribution is 5.92. The monoisotopic (exact) mass is 792 g/mol. The van der Waals surface area contributed by atoms with Crippen LogP contribution in [0.3, 0.4) is 0 Å². The van der Waals surface area contributed by atoms with E-state index in [1.807, 2.05) is 83.9 Å². The van der Waals surface area contributed by atoms with Crippen molar-refractivity contribution < 1.29 is 48.0 Å². The van der Waals surface area contributed by atoms with Crippen LogP contribution >= 0.6 is 0 Å². The largest absolute Gasteiger partial charge is 0.459 e. The molecule has 2 aromatic carbocycles. The van der Waals surface area contributed by atoms with E-state index in [-0.39, 0.29) is 43.7 Å². The molecular formula is C45H64N2O10. The molecule has 57 heavy (non-hydrogen) atoms. The van der Waals surface area contributed by atoms with Crippen molar-refractivity contribution in [2.75, 3.05) is 27.3 Å². The van der Waals surface area contributed by atoms with E-state index in [0.29, 0.717) is 25.0 Å². The molecule has 6 rings (SSSR count). The number of hydrogen-bond donors (Lipinski definition) is 1. The molecule has 1 N–H and O–H groups in total. The molecule has 0 aromatic heterocycles. The van der Waals surface area contributed by atoms with Gasteiger partial charge in [0.1, 0.15) is 24.5 Å². The average molecular weight is 793 g/mol. The second kappa shape index (κ2) is 17.9. The first-order valence-electron chi connectivity index (χ1n) is 20.7. The van der Waals surface area contributed by atoms with Crippen LogP contribution in [0.15, 0.2) is 59.8 Å². The van der Waals surface area contributed by atoms with Gasteiger partial charge in [0.05, 0.1) is 49.1 Å². The second-order valence-electron chi connectivity index (χ2n) is 17.5. The molecule has 3 unspecified atom stereocenters. The van der Waals surface area contributed by atoms with Gasteiger partial charge in [0, 0.05) is 17.9 Å². The standard InChI is InChI=1S/C45H64N2O10/c1-11-36-45(8)40(49)28(4)38(57-45)26(2)22-44(7)41(56-43-37(48)35(47(9)10)21-27(3)54-43)29(5)39(30(6)42(50)55-36)51-24-34(25-52-44)46-53-23-31-17-19-33(20-18-31)32-15-13-12-14-16-32/h12-20,26-30,35-39,41,43,48H,11,21-25H2,1-10H3/b46-34+/t26-,27-,28?,29-,30-,35+,36-,37-,38?,39+,41-,43+,44-,45?/m1/s1. The molecule has 0 amide bonds. The molecule has 14 atom stereocenters. The van der Waals surface area contributed by atoms with Gasteiger partial charge in [-0.15, -0.1) is 0 Å². The maximum absolute atomic E-state index is 14.2. The van der Waals surface area contributed by atoms with Gasteiger partial charge >= 0.3 is 5.97 Å². The SMILES string of the molecule is CC[C@H]1OC(=O)[C@H](C)[C@H]2OC/C(=N\OCc3ccc(-c4ccccc4)cc3)CO[C@](C)(C[C@@H](C)C3OC1(C)C(=O)C3C)[C@H](O[C@@H]1O[C@H](C)C[C@H](N(C)C)[C@H]1O)[C@@H]2C. The third-order valence-electron chi connectivity index (χ3n) is 12.8. The predicted octanol–water partition coefficient (Wildman–Crippen LogP) is 6.21. The fourth-order valence-electron chi connectivity index (χ4n) is 9.57. The summed E-state index contributed by atoms with van der Waals surface area (Å²) in [6.07, 6.45) is -3.50. The molecule has 2 aromatic rings. The summed E-state index contributed by atoms with van der Waals surface area (Å²) in [5.74, 6) is -2.54. The van der Waals surface area contributed by atoms with Crippen molar-refractivity contribution in [3.05, 3.63) is 60.2 Å². The fraction of sp³-hybridized carbons (Fsp3) is 0.667. The van der Waals surface area contributed by atoms with E-state index in [2.05, 4.69) is 36.3 Å². The molecule has 0 aliphatic carbocycles. The topological polar surface area (TPSA) is 135 Å². The van der Waals surface area contributed by atoms with Crippen LogP contribution < -0.4 is 0 Å². The number of aliphatic hydroxyl groups is 1. The maximum atomic E-state index is 14.2. The van der Waals surface area contributed by atoms with Crippen LogP contribution in [0.5, 0.6) is 0 Å². The number of aliphatic hydroxyl groups excluding tert-OH is 1. The lowest BCUT2D eigenvalue weighted by molar-refractivity contribution is -0.302. The molecule has 314 valence electrons. The number of Topliss-reactive ketones (excluding diaryl/α,β-unsaturated/α-hetero) is 1. The van der Waals surface area contributed by atoms with E-state index in [1.54, 1.807) is 13.8 Å². The number of ether oxygens (including phenoxy) is 6. The summed E-state index contributed by atoms with van der Waals surface area (Å²) in [7, 11) is 3.87. The van der Waals surface area contributed by atoms with E-state index in [0.717, 1.165) is 16.7 Å². The molecule has 12 nitrogen and oxygen atoms in total. The number of carbonyl (C=O) groups excluding carboxylic acids is 2. The zero-order valence-corrected chi connectivity index (χ0v) is 35.4. The third-order valence-corrected chi connectivity index (χ3v) is 12.8. The first kappa shape index (κ1) is 43.4.